The number of nitrogens with zero attached hydrogens (tertiary/aromatic N) is 5. The molecule has 4 rings (SSSR count). The molecule has 0 atom stereocenters. The summed E-state index contributed by atoms with van der Waals surface area (Å²) in [5.41, 5.74) is 4.75. The Labute approximate surface area is 141 Å². The number of nitriles is 1. The van der Waals surface area contributed by atoms with Crippen LogP contribution in [-0.4, -0.2) is 25.3 Å². The number of nitrogens with one attached hydrogen (secondary N) is 1. The molecule has 2 aliphatic carbocycles. The molecule has 2 aliphatic rings. The number of fused-ring (bicyclic) bond motifs is 1. The van der Waals surface area contributed by atoms with Gasteiger partial charge >= 0.3 is 0 Å². The monoisotopic (exact) mass is 320 g/mol. The first-order valence-corrected chi connectivity index (χ1v) is 8.25. The third-order valence-corrected chi connectivity index (χ3v) is 4.80. The lowest BCUT2D eigenvalue weighted by Crippen LogP contribution is -2.19. The van der Waals surface area contributed by atoms with Crippen LogP contribution < -0.4 is 5.32 Å². The van der Waals surface area contributed by atoms with Crippen molar-refractivity contribution in [2.24, 2.45) is 7.05 Å². The molecule has 2 aromatic rings. The summed E-state index contributed by atoms with van der Waals surface area (Å²) in [7, 11) is 1.92. The van der Waals surface area contributed by atoms with Gasteiger partial charge in [-0.2, -0.15) is 10.4 Å². The Morgan fingerprint density at radius 2 is 2.17 bits per heavy atom. The summed E-state index contributed by atoms with van der Waals surface area (Å²) in [6.07, 6.45) is 7.58. The van der Waals surface area contributed by atoms with Gasteiger partial charge in [0, 0.05) is 37.2 Å². The smallest absolute Gasteiger partial charge is 0.139 e. The Morgan fingerprint density at radius 3 is 2.79 bits per heavy atom. The zero-order chi connectivity index (χ0) is 16.9. The molecule has 6 heteroatoms. The van der Waals surface area contributed by atoms with Crippen LogP contribution in [0, 0.1) is 18.3 Å². The van der Waals surface area contributed by atoms with Gasteiger partial charge in [0.1, 0.15) is 11.6 Å². The lowest BCUT2D eigenvalue weighted by Gasteiger charge is -2.17. The summed E-state index contributed by atoms with van der Waals surface area (Å²) in [6.45, 7) is 4.19. The van der Waals surface area contributed by atoms with E-state index in [1.54, 1.807) is 0 Å². The van der Waals surface area contributed by atoms with Crippen LogP contribution >= 0.6 is 0 Å². The van der Waals surface area contributed by atoms with Crippen LogP contribution in [-0.2, 0) is 19.9 Å². The van der Waals surface area contributed by atoms with Gasteiger partial charge in [0.15, 0.2) is 0 Å². The molecule has 0 spiro atoms. The average molecular weight is 320 g/mol. The minimum Gasteiger partial charge on any atom is -0.364 e. The Balaban J connectivity index is 1.73. The molecule has 1 fully saturated rings. The van der Waals surface area contributed by atoms with Gasteiger partial charge in [-0.25, -0.2) is 9.97 Å². The second-order valence-electron chi connectivity index (χ2n) is 7.02. The van der Waals surface area contributed by atoms with Crippen molar-refractivity contribution >= 4 is 11.4 Å². The number of allylic oxidation sites excluding steroid dienone is 2. The molecule has 0 bridgehead atoms. The molecule has 2 aromatic heterocycles. The summed E-state index contributed by atoms with van der Waals surface area (Å²) >= 11 is 0. The molecular weight excluding hydrogens is 300 g/mol. The second kappa shape index (κ2) is 5.17. The van der Waals surface area contributed by atoms with Gasteiger partial charge in [0.05, 0.1) is 28.6 Å². The summed E-state index contributed by atoms with van der Waals surface area (Å²) in [6, 6.07) is 2.28. The molecule has 1 saturated carbocycles. The molecule has 0 radical (unpaired) electrons. The Kier molecular flexibility index (Phi) is 3.20. The van der Waals surface area contributed by atoms with Crippen LogP contribution in [0.2, 0.25) is 0 Å². The molecule has 0 amide bonds. The minimum atomic E-state index is 0.104. The van der Waals surface area contributed by atoms with Crippen molar-refractivity contribution in [3.05, 3.63) is 40.6 Å². The van der Waals surface area contributed by atoms with Crippen LogP contribution in [0.5, 0.6) is 0 Å². The van der Waals surface area contributed by atoms with Crippen LogP contribution in [0.4, 0.5) is 5.82 Å². The van der Waals surface area contributed by atoms with Gasteiger partial charge in [-0.1, -0.05) is 6.08 Å². The molecule has 0 aliphatic heterocycles. The van der Waals surface area contributed by atoms with Gasteiger partial charge in [0.25, 0.3) is 0 Å². The van der Waals surface area contributed by atoms with Gasteiger partial charge in [0.2, 0.25) is 0 Å². The molecule has 122 valence electrons. The summed E-state index contributed by atoms with van der Waals surface area (Å²) in [5, 5.41) is 17.3. The van der Waals surface area contributed by atoms with E-state index in [1.807, 2.05) is 30.9 Å². The predicted molar refractivity (Wildman–Crippen MR) is 91.3 cm³/mol. The molecule has 2 heterocycles. The van der Waals surface area contributed by atoms with Gasteiger partial charge < -0.3 is 5.32 Å². The fraction of sp³-hybridized carbons (Fsp3) is 0.444. The van der Waals surface area contributed by atoms with Crippen molar-refractivity contribution in [1.29, 1.82) is 5.26 Å². The van der Waals surface area contributed by atoms with Crippen molar-refractivity contribution in [3.8, 4) is 6.07 Å². The number of rotatable bonds is 4. The first kappa shape index (κ1) is 14.9. The maximum atomic E-state index is 9.38. The molecule has 1 N–H and O–H groups in total. The lowest BCUT2D eigenvalue weighted by atomic mass is 10.1. The van der Waals surface area contributed by atoms with Gasteiger partial charge in [-0.05, 0) is 26.7 Å². The van der Waals surface area contributed by atoms with Gasteiger partial charge in [-0.3, -0.25) is 4.68 Å². The van der Waals surface area contributed by atoms with E-state index in [-0.39, 0.29) is 5.54 Å². The zero-order valence-electron chi connectivity index (χ0n) is 14.2. The maximum Gasteiger partial charge on any atom is 0.139 e. The van der Waals surface area contributed by atoms with E-state index < -0.39 is 0 Å². The highest BCUT2D eigenvalue weighted by atomic mass is 15.2. The first-order valence-electron chi connectivity index (χ1n) is 8.25. The SMILES string of the molecule is Cc1nn(C)cc1Cc1nc2c(c(NC3(C)CC3)n1)C(C#N)=CC2. The van der Waals surface area contributed by atoms with Crippen LogP contribution in [0.3, 0.4) is 0 Å². The zero-order valence-corrected chi connectivity index (χ0v) is 14.2. The largest absolute Gasteiger partial charge is 0.364 e. The van der Waals surface area contributed by atoms with Crippen molar-refractivity contribution in [1.82, 2.24) is 19.7 Å². The third kappa shape index (κ3) is 2.56. The Morgan fingerprint density at radius 1 is 1.38 bits per heavy atom. The topological polar surface area (TPSA) is 79.4 Å². The minimum absolute atomic E-state index is 0.104. The van der Waals surface area contributed by atoms with E-state index in [9.17, 15) is 5.26 Å². The molecule has 24 heavy (non-hydrogen) atoms. The quantitative estimate of drug-likeness (QED) is 0.936. The van der Waals surface area contributed by atoms with Crippen LogP contribution in [0.15, 0.2) is 12.3 Å². The number of aryl methyl sites for hydroxylation is 2. The van der Waals surface area contributed by atoms with E-state index in [1.165, 1.54) is 0 Å². The van der Waals surface area contributed by atoms with Crippen LogP contribution in [0.1, 0.15) is 48.1 Å². The van der Waals surface area contributed by atoms with E-state index in [0.29, 0.717) is 18.4 Å². The number of hydrogen-bond donors (Lipinski definition) is 1. The van der Waals surface area contributed by atoms with E-state index in [0.717, 1.165) is 47.0 Å². The third-order valence-electron chi connectivity index (χ3n) is 4.80. The van der Waals surface area contributed by atoms with Crippen LogP contribution in [0.25, 0.3) is 5.57 Å². The van der Waals surface area contributed by atoms with Crippen molar-refractivity contribution < 1.29 is 0 Å². The van der Waals surface area contributed by atoms with Gasteiger partial charge in [-0.15, -0.1) is 0 Å². The standard InChI is InChI=1S/C18H20N6/c1-11-13(10-24(3)23-11)8-15-20-14-5-4-12(9-19)16(14)17(21-15)22-18(2)6-7-18/h4,10H,5-8H2,1-3H3,(H,20,21,22). The van der Waals surface area contributed by atoms with E-state index in [4.69, 9.17) is 9.97 Å². The maximum absolute atomic E-state index is 9.38. The van der Waals surface area contributed by atoms with Crippen molar-refractivity contribution in [3.63, 3.8) is 0 Å². The Bertz CT molecular complexity index is 895. The molecule has 6 nitrogen and oxygen atoms in total. The summed E-state index contributed by atoms with van der Waals surface area (Å²) in [4.78, 5) is 9.48. The highest BCUT2D eigenvalue weighted by Gasteiger charge is 2.39. The summed E-state index contributed by atoms with van der Waals surface area (Å²) < 4.78 is 1.82. The Hall–Kier alpha value is -2.68. The number of aromatic nitrogens is 4. The van der Waals surface area contributed by atoms with Crippen molar-refractivity contribution in [2.45, 2.75) is 45.1 Å². The molecule has 0 saturated heterocycles. The fourth-order valence-corrected chi connectivity index (χ4v) is 3.15. The highest BCUT2D eigenvalue weighted by Crippen LogP contribution is 2.41. The highest BCUT2D eigenvalue weighted by molar-refractivity contribution is 5.87. The predicted octanol–water partition coefficient (Wildman–Crippen LogP) is 2.54. The fourth-order valence-electron chi connectivity index (χ4n) is 3.15. The number of hydrogen-bond acceptors (Lipinski definition) is 5. The molecular formula is C18H20N6. The second-order valence-corrected chi connectivity index (χ2v) is 7.02. The normalized spacial score (nSPS) is 17.2. The molecule has 0 unspecified atom stereocenters. The lowest BCUT2D eigenvalue weighted by molar-refractivity contribution is 0.756. The van der Waals surface area contributed by atoms with E-state index >= 15 is 0 Å². The van der Waals surface area contributed by atoms with Crippen molar-refractivity contribution in [2.75, 3.05) is 5.32 Å². The first-order chi connectivity index (χ1) is 11.5. The summed E-state index contributed by atoms with van der Waals surface area (Å²) in [5.74, 6) is 1.59. The molecule has 0 aromatic carbocycles. The average Bonchev–Trinajstić information content (AvgIpc) is 2.97. The number of anilines is 1. The van der Waals surface area contributed by atoms with E-state index in [2.05, 4.69) is 23.4 Å².